The minimum atomic E-state index is -0.262. The van der Waals surface area contributed by atoms with Crippen molar-refractivity contribution in [2.75, 3.05) is 33.9 Å². The number of rotatable bonds is 10. The van der Waals surface area contributed by atoms with Crippen molar-refractivity contribution >= 4 is 11.9 Å². The molecule has 0 heterocycles. The van der Waals surface area contributed by atoms with Crippen LogP contribution in [0.2, 0.25) is 0 Å². The summed E-state index contributed by atoms with van der Waals surface area (Å²) in [6.07, 6.45) is 2.81. The molecule has 1 aromatic carbocycles. The van der Waals surface area contributed by atoms with E-state index in [0.717, 1.165) is 18.4 Å². The second-order valence-electron chi connectivity index (χ2n) is 6.20. The van der Waals surface area contributed by atoms with Gasteiger partial charge in [-0.15, -0.1) is 0 Å². The van der Waals surface area contributed by atoms with Gasteiger partial charge in [-0.1, -0.05) is 6.07 Å². The van der Waals surface area contributed by atoms with Crippen LogP contribution in [-0.2, 0) is 20.7 Å². The van der Waals surface area contributed by atoms with E-state index in [1.165, 1.54) is 0 Å². The van der Waals surface area contributed by atoms with Crippen molar-refractivity contribution in [3.63, 3.8) is 0 Å². The molecule has 1 aliphatic carbocycles. The molecule has 0 saturated heterocycles. The summed E-state index contributed by atoms with van der Waals surface area (Å²) in [6, 6.07) is 5.47. The lowest BCUT2D eigenvalue weighted by Crippen LogP contribution is -2.36. The zero-order valence-electron chi connectivity index (χ0n) is 15.2. The zero-order valence-corrected chi connectivity index (χ0v) is 15.2. The maximum atomic E-state index is 12.7. The van der Waals surface area contributed by atoms with Gasteiger partial charge in [-0.3, -0.25) is 9.59 Å². The summed E-state index contributed by atoms with van der Waals surface area (Å²) in [5.41, 5.74) is 0.861. The lowest BCUT2D eigenvalue weighted by atomic mass is 10.1. The van der Waals surface area contributed by atoms with Gasteiger partial charge in [0.05, 0.1) is 33.7 Å². The van der Waals surface area contributed by atoms with Crippen LogP contribution in [0.1, 0.15) is 31.7 Å². The molecule has 0 radical (unpaired) electrons. The van der Waals surface area contributed by atoms with Crippen molar-refractivity contribution in [1.82, 2.24) is 4.90 Å². The first-order valence-electron chi connectivity index (χ1n) is 8.71. The van der Waals surface area contributed by atoms with Crippen molar-refractivity contribution in [2.24, 2.45) is 5.92 Å². The fourth-order valence-corrected chi connectivity index (χ4v) is 2.67. The molecule has 138 valence electrons. The van der Waals surface area contributed by atoms with Gasteiger partial charge in [0.1, 0.15) is 0 Å². The number of carbonyl (C=O) groups excluding carboxylic acids is 2. The van der Waals surface area contributed by atoms with Crippen LogP contribution in [0.3, 0.4) is 0 Å². The molecule has 6 nitrogen and oxygen atoms in total. The SMILES string of the molecule is CCOC(=O)CCN(CC1CC1)C(=O)Cc1ccc(OC)c(OC)c1. The predicted molar refractivity (Wildman–Crippen MR) is 93.8 cm³/mol. The highest BCUT2D eigenvalue weighted by molar-refractivity contribution is 5.80. The average Bonchev–Trinajstić information content (AvgIpc) is 3.42. The topological polar surface area (TPSA) is 65.1 Å². The lowest BCUT2D eigenvalue weighted by Gasteiger charge is -2.22. The van der Waals surface area contributed by atoms with E-state index in [1.54, 1.807) is 32.1 Å². The molecule has 0 bridgehead atoms. The molecule has 1 saturated carbocycles. The summed E-state index contributed by atoms with van der Waals surface area (Å²) in [5.74, 6) is 1.56. The molecule has 6 heteroatoms. The molecule has 1 amide bonds. The third-order valence-electron chi connectivity index (χ3n) is 4.22. The molecule has 1 aliphatic rings. The van der Waals surface area contributed by atoms with Gasteiger partial charge in [-0.25, -0.2) is 0 Å². The third-order valence-corrected chi connectivity index (χ3v) is 4.22. The first kappa shape index (κ1) is 19.1. The minimum absolute atomic E-state index is 0.0171. The Hall–Kier alpha value is -2.24. The summed E-state index contributed by atoms with van der Waals surface area (Å²) in [5, 5.41) is 0. The second kappa shape index (κ2) is 9.30. The van der Waals surface area contributed by atoms with E-state index >= 15 is 0 Å². The van der Waals surface area contributed by atoms with Crippen LogP contribution in [-0.4, -0.2) is 50.7 Å². The van der Waals surface area contributed by atoms with Gasteiger partial charge in [0.2, 0.25) is 5.91 Å². The number of carbonyl (C=O) groups is 2. The Labute approximate surface area is 149 Å². The Kier molecular flexibility index (Phi) is 7.10. The molecule has 0 aliphatic heterocycles. The van der Waals surface area contributed by atoms with E-state index in [0.29, 0.717) is 37.1 Å². The van der Waals surface area contributed by atoms with Gasteiger partial charge in [0, 0.05) is 13.1 Å². The molecular formula is C19H27NO5. The summed E-state index contributed by atoms with van der Waals surface area (Å²) in [4.78, 5) is 26.1. The Balaban J connectivity index is 1.99. The first-order chi connectivity index (χ1) is 12.1. The number of ether oxygens (including phenoxy) is 3. The number of amides is 1. The van der Waals surface area contributed by atoms with E-state index in [1.807, 2.05) is 12.1 Å². The fourth-order valence-electron chi connectivity index (χ4n) is 2.67. The number of hydrogen-bond donors (Lipinski definition) is 0. The van der Waals surface area contributed by atoms with Gasteiger partial charge in [0.15, 0.2) is 11.5 Å². The molecule has 0 N–H and O–H groups in total. The predicted octanol–water partition coefficient (Wildman–Crippen LogP) is 2.44. The van der Waals surface area contributed by atoms with Gasteiger partial charge < -0.3 is 19.1 Å². The standard InChI is InChI=1S/C19H27NO5/c1-4-25-19(22)9-10-20(13-14-5-6-14)18(21)12-15-7-8-16(23-2)17(11-15)24-3/h7-8,11,14H,4-6,9-10,12-13H2,1-3H3. The van der Waals surface area contributed by atoms with Gasteiger partial charge in [0.25, 0.3) is 0 Å². The molecule has 1 fully saturated rings. The van der Waals surface area contributed by atoms with Crippen LogP contribution in [0.15, 0.2) is 18.2 Å². The van der Waals surface area contributed by atoms with Crippen LogP contribution >= 0.6 is 0 Å². The largest absolute Gasteiger partial charge is 0.493 e. The number of esters is 1. The fraction of sp³-hybridized carbons (Fsp3) is 0.579. The first-order valence-corrected chi connectivity index (χ1v) is 8.71. The molecule has 25 heavy (non-hydrogen) atoms. The molecule has 0 unspecified atom stereocenters. The Morgan fingerprint density at radius 2 is 1.88 bits per heavy atom. The Morgan fingerprint density at radius 1 is 1.16 bits per heavy atom. The van der Waals surface area contributed by atoms with Gasteiger partial charge >= 0.3 is 5.97 Å². The molecule has 0 spiro atoms. The summed E-state index contributed by atoms with van der Waals surface area (Å²) in [6.45, 7) is 3.26. The highest BCUT2D eigenvalue weighted by Crippen LogP contribution is 2.31. The number of benzene rings is 1. The van der Waals surface area contributed by atoms with Gasteiger partial charge in [-0.05, 0) is 43.4 Å². The van der Waals surface area contributed by atoms with E-state index in [2.05, 4.69) is 0 Å². The quantitative estimate of drug-likeness (QED) is 0.607. The second-order valence-corrected chi connectivity index (χ2v) is 6.20. The van der Waals surface area contributed by atoms with Crippen LogP contribution in [0.4, 0.5) is 0 Å². The zero-order chi connectivity index (χ0) is 18.2. The van der Waals surface area contributed by atoms with E-state index < -0.39 is 0 Å². The highest BCUT2D eigenvalue weighted by atomic mass is 16.5. The van der Waals surface area contributed by atoms with Crippen molar-refractivity contribution in [2.45, 2.75) is 32.6 Å². The van der Waals surface area contributed by atoms with E-state index in [4.69, 9.17) is 14.2 Å². The number of hydrogen-bond acceptors (Lipinski definition) is 5. The lowest BCUT2D eigenvalue weighted by molar-refractivity contribution is -0.144. The smallest absolute Gasteiger partial charge is 0.307 e. The van der Waals surface area contributed by atoms with E-state index in [-0.39, 0.29) is 24.7 Å². The maximum absolute atomic E-state index is 12.7. The molecule has 0 aromatic heterocycles. The summed E-state index contributed by atoms with van der Waals surface area (Å²) < 4.78 is 15.5. The number of methoxy groups -OCH3 is 2. The number of nitrogens with zero attached hydrogens (tertiary/aromatic N) is 1. The monoisotopic (exact) mass is 349 g/mol. The van der Waals surface area contributed by atoms with Crippen molar-refractivity contribution in [3.05, 3.63) is 23.8 Å². The Bertz CT molecular complexity index is 597. The van der Waals surface area contributed by atoms with Gasteiger partial charge in [-0.2, -0.15) is 0 Å². The third kappa shape index (κ3) is 5.96. The Morgan fingerprint density at radius 3 is 2.48 bits per heavy atom. The summed E-state index contributed by atoms with van der Waals surface area (Å²) >= 11 is 0. The average molecular weight is 349 g/mol. The van der Waals surface area contributed by atoms with Crippen molar-refractivity contribution in [3.8, 4) is 11.5 Å². The highest BCUT2D eigenvalue weighted by Gasteiger charge is 2.27. The normalized spacial score (nSPS) is 13.2. The van der Waals surface area contributed by atoms with Crippen LogP contribution in [0.5, 0.6) is 11.5 Å². The summed E-state index contributed by atoms with van der Waals surface area (Å²) in [7, 11) is 3.15. The van der Waals surface area contributed by atoms with Crippen LogP contribution < -0.4 is 9.47 Å². The molecule has 0 atom stereocenters. The molecular weight excluding hydrogens is 322 g/mol. The van der Waals surface area contributed by atoms with Crippen LogP contribution in [0.25, 0.3) is 0 Å². The minimum Gasteiger partial charge on any atom is -0.493 e. The van der Waals surface area contributed by atoms with Crippen LogP contribution in [0, 0.1) is 5.92 Å². The molecule has 1 aromatic rings. The molecule has 2 rings (SSSR count). The van der Waals surface area contributed by atoms with E-state index in [9.17, 15) is 9.59 Å². The van der Waals surface area contributed by atoms with Crippen molar-refractivity contribution in [1.29, 1.82) is 0 Å². The van der Waals surface area contributed by atoms with Crippen molar-refractivity contribution < 1.29 is 23.8 Å². The maximum Gasteiger partial charge on any atom is 0.307 e.